The van der Waals surface area contributed by atoms with Crippen LogP contribution in [0.15, 0.2) is 60.0 Å². The van der Waals surface area contributed by atoms with Crippen molar-refractivity contribution >= 4 is 33.9 Å². The number of fused-ring (bicyclic) bond motifs is 1. The highest BCUT2D eigenvalue weighted by Gasteiger charge is 2.13. The van der Waals surface area contributed by atoms with Crippen LogP contribution in [0.25, 0.3) is 10.8 Å². The molecule has 4 nitrogen and oxygen atoms in total. The SMILES string of the molecule is CC(NC(=O)CNC(=O)c1cccs1)c1cccc2ccccc12. The summed E-state index contributed by atoms with van der Waals surface area (Å²) >= 11 is 1.35. The minimum absolute atomic E-state index is 0.0359. The Labute approximate surface area is 144 Å². The van der Waals surface area contributed by atoms with E-state index in [2.05, 4.69) is 22.8 Å². The second kappa shape index (κ2) is 7.27. The number of carbonyl (C=O) groups is 2. The maximum absolute atomic E-state index is 12.1. The molecule has 0 fully saturated rings. The number of hydrogen-bond acceptors (Lipinski definition) is 3. The van der Waals surface area contributed by atoms with Crippen molar-refractivity contribution in [1.29, 1.82) is 0 Å². The predicted molar refractivity (Wildman–Crippen MR) is 97.2 cm³/mol. The number of thiophene rings is 1. The Morgan fingerprint density at radius 2 is 1.83 bits per heavy atom. The molecule has 2 amide bonds. The van der Waals surface area contributed by atoms with Gasteiger partial charge in [0.2, 0.25) is 5.91 Å². The van der Waals surface area contributed by atoms with E-state index in [1.165, 1.54) is 11.3 Å². The first-order valence-electron chi connectivity index (χ1n) is 7.74. The zero-order valence-electron chi connectivity index (χ0n) is 13.3. The van der Waals surface area contributed by atoms with Crippen LogP contribution in [0.5, 0.6) is 0 Å². The molecular formula is C19H18N2O2S. The topological polar surface area (TPSA) is 58.2 Å². The number of hydrogen-bond donors (Lipinski definition) is 2. The maximum Gasteiger partial charge on any atom is 0.261 e. The van der Waals surface area contributed by atoms with Crippen molar-refractivity contribution in [2.75, 3.05) is 6.54 Å². The van der Waals surface area contributed by atoms with E-state index in [-0.39, 0.29) is 24.4 Å². The van der Waals surface area contributed by atoms with Gasteiger partial charge in [0.1, 0.15) is 0 Å². The van der Waals surface area contributed by atoms with E-state index in [1.807, 2.05) is 48.7 Å². The van der Waals surface area contributed by atoms with Crippen molar-refractivity contribution in [3.05, 3.63) is 70.4 Å². The molecule has 0 saturated carbocycles. The summed E-state index contributed by atoms with van der Waals surface area (Å²) in [5.74, 6) is -0.432. The molecule has 5 heteroatoms. The minimum atomic E-state index is -0.224. The van der Waals surface area contributed by atoms with Crippen molar-refractivity contribution in [1.82, 2.24) is 10.6 Å². The molecule has 1 aromatic heterocycles. The van der Waals surface area contributed by atoms with Gasteiger partial charge in [-0.25, -0.2) is 0 Å². The normalized spacial score (nSPS) is 11.9. The summed E-state index contributed by atoms with van der Waals surface area (Å²) in [7, 11) is 0. The highest BCUT2D eigenvalue weighted by atomic mass is 32.1. The molecule has 0 spiro atoms. The molecule has 3 aromatic rings. The predicted octanol–water partition coefficient (Wildman–Crippen LogP) is 3.51. The van der Waals surface area contributed by atoms with Gasteiger partial charge in [-0.05, 0) is 34.7 Å². The van der Waals surface area contributed by atoms with Gasteiger partial charge in [0.15, 0.2) is 0 Å². The van der Waals surface area contributed by atoms with E-state index in [0.29, 0.717) is 4.88 Å². The first kappa shape index (κ1) is 16.2. The second-order valence-corrected chi connectivity index (χ2v) is 6.47. The molecule has 3 rings (SSSR count). The van der Waals surface area contributed by atoms with Crippen LogP contribution in [0.1, 0.15) is 28.2 Å². The van der Waals surface area contributed by atoms with E-state index in [9.17, 15) is 9.59 Å². The summed E-state index contributed by atoms with van der Waals surface area (Å²) < 4.78 is 0. The monoisotopic (exact) mass is 338 g/mol. The zero-order chi connectivity index (χ0) is 16.9. The molecule has 0 aliphatic rings. The summed E-state index contributed by atoms with van der Waals surface area (Å²) in [6.07, 6.45) is 0. The van der Waals surface area contributed by atoms with Crippen LogP contribution in [-0.4, -0.2) is 18.4 Å². The van der Waals surface area contributed by atoms with E-state index in [1.54, 1.807) is 6.07 Å². The Balaban J connectivity index is 1.62. The summed E-state index contributed by atoms with van der Waals surface area (Å²) in [5, 5.41) is 9.67. The lowest BCUT2D eigenvalue weighted by Crippen LogP contribution is -2.37. The minimum Gasteiger partial charge on any atom is -0.348 e. The molecular weight excluding hydrogens is 320 g/mol. The average Bonchev–Trinajstić information content (AvgIpc) is 3.14. The Morgan fingerprint density at radius 3 is 2.62 bits per heavy atom. The highest BCUT2D eigenvalue weighted by molar-refractivity contribution is 7.12. The van der Waals surface area contributed by atoms with Crippen LogP contribution in [0.4, 0.5) is 0 Å². The largest absolute Gasteiger partial charge is 0.348 e. The summed E-state index contributed by atoms with van der Waals surface area (Å²) in [6.45, 7) is 1.91. The number of nitrogens with one attached hydrogen (secondary N) is 2. The molecule has 1 heterocycles. The molecule has 2 aromatic carbocycles. The van der Waals surface area contributed by atoms with E-state index in [4.69, 9.17) is 0 Å². The molecule has 1 unspecified atom stereocenters. The van der Waals surface area contributed by atoms with Crippen molar-refractivity contribution in [3.8, 4) is 0 Å². The van der Waals surface area contributed by atoms with E-state index >= 15 is 0 Å². The van der Waals surface area contributed by atoms with Gasteiger partial charge in [-0.15, -0.1) is 11.3 Å². The molecule has 1 atom stereocenters. The second-order valence-electron chi connectivity index (χ2n) is 5.52. The van der Waals surface area contributed by atoms with Crippen LogP contribution >= 0.6 is 11.3 Å². The van der Waals surface area contributed by atoms with Crippen molar-refractivity contribution in [3.63, 3.8) is 0 Å². The van der Waals surface area contributed by atoms with Gasteiger partial charge in [0.25, 0.3) is 5.91 Å². The van der Waals surface area contributed by atoms with Gasteiger partial charge < -0.3 is 10.6 Å². The number of carbonyl (C=O) groups excluding carboxylic acids is 2. The van der Waals surface area contributed by atoms with Crippen LogP contribution in [0.2, 0.25) is 0 Å². The molecule has 0 bridgehead atoms. The molecule has 2 N–H and O–H groups in total. The number of amides is 2. The first-order valence-corrected chi connectivity index (χ1v) is 8.62. The fourth-order valence-electron chi connectivity index (χ4n) is 2.65. The van der Waals surface area contributed by atoms with Gasteiger partial charge in [-0.1, -0.05) is 48.5 Å². The molecule has 0 aliphatic carbocycles. The van der Waals surface area contributed by atoms with E-state index < -0.39 is 0 Å². The van der Waals surface area contributed by atoms with Gasteiger partial charge in [0.05, 0.1) is 17.5 Å². The molecule has 0 saturated heterocycles. The third-order valence-electron chi connectivity index (χ3n) is 3.82. The zero-order valence-corrected chi connectivity index (χ0v) is 14.1. The average molecular weight is 338 g/mol. The van der Waals surface area contributed by atoms with Crippen LogP contribution in [-0.2, 0) is 4.79 Å². The smallest absolute Gasteiger partial charge is 0.261 e. The van der Waals surface area contributed by atoms with Crippen LogP contribution in [0.3, 0.4) is 0 Å². The maximum atomic E-state index is 12.1. The lowest BCUT2D eigenvalue weighted by atomic mass is 10.00. The first-order chi connectivity index (χ1) is 11.6. The van der Waals surface area contributed by atoms with Crippen molar-refractivity contribution in [2.45, 2.75) is 13.0 Å². The van der Waals surface area contributed by atoms with Crippen LogP contribution in [0, 0.1) is 0 Å². The van der Waals surface area contributed by atoms with Gasteiger partial charge in [-0.3, -0.25) is 9.59 Å². The fourth-order valence-corrected chi connectivity index (χ4v) is 3.29. The lowest BCUT2D eigenvalue weighted by Gasteiger charge is -2.17. The Morgan fingerprint density at radius 1 is 1.04 bits per heavy atom. The van der Waals surface area contributed by atoms with Gasteiger partial charge >= 0.3 is 0 Å². The van der Waals surface area contributed by atoms with Crippen molar-refractivity contribution in [2.24, 2.45) is 0 Å². The highest BCUT2D eigenvalue weighted by Crippen LogP contribution is 2.23. The number of rotatable bonds is 5. The Bertz CT molecular complexity index is 853. The third kappa shape index (κ3) is 3.63. The lowest BCUT2D eigenvalue weighted by molar-refractivity contribution is -0.120. The molecule has 0 radical (unpaired) electrons. The fraction of sp³-hybridized carbons (Fsp3) is 0.158. The molecule has 24 heavy (non-hydrogen) atoms. The van der Waals surface area contributed by atoms with Gasteiger partial charge in [0, 0.05) is 0 Å². The summed E-state index contributed by atoms with van der Waals surface area (Å²) in [5.41, 5.74) is 1.06. The summed E-state index contributed by atoms with van der Waals surface area (Å²) in [4.78, 5) is 24.6. The number of benzene rings is 2. The molecule has 0 aliphatic heterocycles. The Hall–Kier alpha value is -2.66. The van der Waals surface area contributed by atoms with Crippen LogP contribution < -0.4 is 10.6 Å². The van der Waals surface area contributed by atoms with Gasteiger partial charge in [-0.2, -0.15) is 0 Å². The van der Waals surface area contributed by atoms with Crippen molar-refractivity contribution < 1.29 is 9.59 Å². The quantitative estimate of drug-likeness (QED) is 0.748. The summed E-state index contributed by atoms with van der Waals surface area (Å²) in [6, 6.07) is 17.5. The molecule has 122 valence electrons. The van der Waals surface area contributed by atoms with E-state index in [0.717, 1.165) is 16.3 Å². The standard InChI is InChI=1S/C19H18N2O2S/c1-13(15-9-4-7-14-6-2-3-8-16(14)15)21-18(22)12-20-19(23)17-10-5-11-24-17/h2-11,13H,12H2,1H3,(H,20,23)(H,21,22). The Kier molecular flexibility index (Phi) is 4.91. The third-order valence-corrected chi connectivity index (χ3v) is 4.69.